The molecule has 138 valence electrons. The third-order valence-corrected chi connectivity index (χ3v) is 4.61. The van der Waals surface area contributed by atoms with Gasteiger partial charge in [-0.2, -0.15) is 0 Å². The van der Waals surface area contributed by atoms with Gasteiger partial charge >= 0.3 is 5.97 Å². The van der Waals surface area contributed by atoms with Gasteiger partial charge in [0.1, 0.15) is 5.82 Å². The van der Waals surface area contributed by atoms with Crippen LogP contribution in [-0.4, -0.2) is 29.2 Å². The van der Waals surface area contributed by atoms with Gasteiger partial charge in [0.15, 0.2) is 6.61 Å². The molecular weight excluding hydrogens is 367 g/mol. The Hall–Kier alpha value is -2.93. The molecule has 1 aromatic heterocycles. The first-order chi connectivity index (χ1) is 13.0. The second-order valence-corrected chi connectivity index (χ2v) is 6.79. The maximum Gasteiger partial charge on any atom is 0.316 e. The molecule has 0 radical (unpaired) electrons. The van der Waals surface area contributed by atoms with Gasteiger partial charge in [0, 0.05) is 11.1 Å². The lowest BCUT2D eigenvalue weighted by atomic mass is 10.1. The highest BCUT2D eigenvalue weighted by molar-refractivity contribution is 7.99. The Morgan fingerprint density at radius 1 is 1.15 bits per heavy atom. The summed E-state index contributed by atoms with van der Waals surface area (Å²) >= 11 is 1.26. The molecule has 0 spiro atoms. The molecule has 0 unspecified atom stereocenters. The quantitative estimate of drug-likeness (QED) is 0.515. The number of hydrogen-bond acceptors (Lipinski definition) is 5. The van der Waals surface area contributed by atoms with Crippen LogP contribution in [0.5, 0.6) is 0 Å². The van der Waals surface area contributed by atoms with Crippen LogP contribution < -0.4 is 5.32 Å². The molecule has 0 atom stereocenters. The van der Waals surface area contributed by atoms with E-state index in [1.54, 1.807) is 0 Å². The minimum atomic E-state index is -0.512. The van der Waals surface area contributed by atoms with Gasteiger partial charge in [0.25, 0.3) is 5.91 Å². The van der Waals surface area contributed by atoms with Crippen LogP contribution in [0.2, 0.25) is 0 Å². The highest BCUT2D eigenvalue weighted by atomic mass is 32.2. The van der Waals surface area contributed by atoms with Crippen LogP contribution in [0.25, 0.3) is 10.9 Å². The fourth-order valence-corrected chi connectivity index (χ4v) is 3.22. The first-order valence-corrected chi connectivity index (χ1v) is 9.20. The van der Waals surface area contributed by atoms with E-state index in [0.29, 0.717) is 5.69 Å². The zero-order chi connectivity index (χ0) is 19.2. The number of pyridine rings is 1. The highest BCUT2D eigenvalue weighted by Crippen LogP contribution is 2.23. The number of thioether (sulfide) groups is 1. The van der Waals surface area contributed by atoms with Gasteiger partial charge in [-0.15, -0.1) is 0 Å². The summed E-state index contributed by atoms with van der Waals surface area (Å²) in [5, 5.41) is 4.32. The van der Waals surface area contributed by atoms with Gasteiger partial charge < -0.3 is 10.1 Å². The second-order valence-electron chi connectivity index (χ2n) is 5.80. The van der Waals surface area contributed by atoms with E-state index in [4.69, 9.17) is 4.74 Å². The lowest BCUT2D eigenvalue weighted by Crippen LogP contribution is -2.21. The third-order valence-electron chi connectivity index (χ3n) is 3.73. The number of ether oxygens (including phenoxy) is 1. The number of aromatic nitrogens is 1. The number of fused-ring (bicyclic) bond motifs is 1. The summed E-state index contributed by atoms with van der Waals surface area (Å²) in [5.74, 6) is -1.34. The van der Waals surface area contributed by atoms with Crippen molar-refractivity contribution in [3.05, 3.63) is 66.0 Å². The molecule has 0 aliphatic heterocycles. The predicted octanol–water partition coefficient (Wildman–Crippen LogP) is 3.96. The van der Waals surface area contributed by atoms with E-state index >= 15 is 0 Å². The molecular formula is C20H17FN2O3S. The van der Waals surface area contributed by atoms with Crippen molar-refractivity contribution < 1.29 is 18.7 Å². The summed E-state index contributed by atoms with van der Waals surface area (Å²) in [6.45, 7) is 1.59. The molecule has 3 aromatic rings. The maximum atomic E-state index is 12.8. The number of nitrogens with one attached hydrogen (secondary N) is 1. The lowest BCUT2D eigenvalue weighted by Gasteiger charge is -2.07. The lowest BCUT2D eigenvalue weighted by molar-refractivity contribution is -0.144. The summed E-state index contributed by atoms with van der Waals surface area (Å²) in [6.07, 6.45) is 0. The number of nitrogens with zero attached hydrogens (tertiary/aromatic N) is 1. The van der Waals surface area contributed by atoms with Gasteiger partial charge in [-0.3, -0.25) is 9.59 Å². The molecule has 27 heavy (non-hydrogen) atoms. The summed E-state index contributed by atoms with van der Waals surface area (Å²) in [7, 11) is 0. The molecule has 0 aliphatic rings. The van der Waals surface area contributed by atoms with Crippen molar-refractivity contribution >= 4 is 40.2 Å². The van der Waals surface area contributed by atoms with Crippen LogP contribution in [0.1, 0.15) is 5.56 Å². The second kappa shape index (κ2) is 8.64. The van der Waals surface area contributed by atoms with Crippen molar-refractivity contribution in [2.75, 3.05) is 17.7 Å². The van der Waals surface area contributed by atoms with Gasteiger partial charge in [-0.25, -0.2) is 9.37 Å². The molecule has 5 nitrogen and oxygen atoms in total. The normalized spacial score (nSPS) is 10.6. The van der Waals surface area contributed by atoms with E-state index in [2.05, 4.69) is 10.3 Å². The first-order valence-electron chi connectivity index (χ1n) is 8.21. The van der Waals surface area contributed by atoms with Gasteiger partial charge in [0.2, 0.25) is 0 Å². The molecule has 1 amide bonds. The van der Waals surface area contributed by atoms with E-state index in [1.807, 2.05) is 37.3 Å². The third kappa shape index (κ3) is 5.27. The minimum absolute atomic E-state index is 0.0502. The summed E-state index contributed by atoms with van der Waals surface area (Å²) in [5.41, 5.74) is 2.38. The maximum absolute atomic E-state index is 12.8. The Labute approximate surface area is 159 Å². The molecule has 0 aliphatic carbocycles. The summed E-state index contributed by atoms with van der Waals surface area (Å²) in [6, 6.07) is 15.0. The molecule has 2 aromatic carbocycles. The van der Waals surface area contributed by atoms with Gasteiger partial charge in [-0.1, -0.05) is 30.0 Å². The number of hydrogen-bond donors (Lipinski definition) is 1. The molecule has 0 bridgehead atoms. The topological polar surface area (TPSA) is 68.3 Å². The molecule has 0 saturated heterocycles. The van der Waals surface area contributed by atoms with Crippen molar-refractivity contribution in [3.8, 4) is 0 Å². The largest absolute Gasteiger partial charge is 0.455 e. The van der Waals surface area contributed by atoms with Crippen LogP contribution in [-0.2, 0) is 14.3 Å². The SMILES string of the molecule is Cc1cc(SCC(=O)OCC(=O)Nc2ccc(F)cc2)nc2ccccc12. The van der Waals surface area contributed by atoms with Crippen molar-refractivity contribution in [2.45, 2.75) is 11.9 Å². The summed E-state index contributed by atoms with van der Waals surface area (Å²) in [4.78, 5) is 28.1. The van der Waals surface area contributed by atoms with Crippen LogP contribution >= 0.6 is 11.8 Å². The van der Waals surface area contributed by atoms with Gasteiger partial charge in [0.05, 0.1) is 16.3 Å². The number of rotatable bonds is 6. The number of para-hydroxylation sites is 1. The average molecular weight is 384 g/mol. The Kier molecular flexibility index (Phi) is 6.03. The Morgan fingerprint density at radius 2 is 1.89 bits per heavy atom. The van der Waals surface area contributed by atoms with Crippen molar-refractivity contribution in [3.63, 3.8) is 0 Å². The monoisotopic (exact) mass is 384 g/mol. The van der Waals surface area contributed by atoms with Crippen LogP contribution in [0.4, 0.5) is 10.1 Å². The first kappa shape index (κ1) is 18.8. The number of aryl methyl sites for hydroxylation is 1. The van der Waals surface area contributed by atoms with Crippen molar-refractivity contribution in [2.24, 2.45) is 0 Å². The average Bonchev–Trinajstić information content (AvgIpc) is 2.66. The number of amides is 1. The number of halogens is 1. The van der Waals surface area contributed by atoms with E-state index in [-0.39, 0.29) is 5.75 Å². The molecule has 7 heteroatoms. The number of carbonyl (C=O) groups is 2. The number of esters is 1. The Morgan fingerprint density at radius 3 is 2.67 bits per heavy atom. The van der Waals surface area contributed by atoms with Crippen molar-refractivity contribution in [1.29, 1.82) is 0 Å². The number of benzene rings is 2. The van der Waals surface area contributed by atoms with E-state index in [1.165, 1.54) is 36.0 Å². The Bertz CT molecular complexity index is 977. The number of carbonyl (C=O) groups excluding carboxylic acids is 2. The number of anilines is 1. The fraction of sp³-hybridized carbons (Fsp3) is 0.150. The molecule has 1 N–H and O–H groups in total. The van der Waals surface area contributed by atoms with Crippen LogP contribution in [0.15, 0.2) is 59.6 Å². The molecule has 1 heterocycles. The molecule has 0 fully saturated rings. The summed E-state index contributed by atoms with van der Waals surface area (Å²) < 4.78 is 17.8. The Balaban J connectivity index is 1.48. The van der Waals surface area contributed by atoms with E-state index < -0.39 is 24.3 Å². The van der Waals surface area contributed by atoms with Crippen LogP contribution in [0.3, 0.4) is 0 Å². The zero-order valence-corrected chi connectivity index (χ0v) is 15.4. The highest BCUT2D eigenvalue weighted by Gasteiger charge is 2.10. The van der Waals surface area contributed by atoms with Crippen LogP contribution in [0, 0.1) is 12.7 Å². The molecule has 0 saturated carbocycles. The smallest absolute Gasteiger partial charge is 0.316 e. The van der Waals surface area contributed by atoms with Gasteiger partial charge in [-0.05, 0) is 48.9 Å². The molecule has 3 rings (SSSR count). The van der Waals surface area contributed by atoms with E-state index in [9.17, 15) is 14.0 Å². The predicted molar refractivity (Wildman–Crippen MR) is 103 cm³/mol. The van der Waals surface area contributed by atoms with Crippen molar-refractivity contribution in [1.82, 2.24) is 4.98 Å². The van der Waals surface area contributed by atoms with E-state index in [0.717, 1.165) is 21.5 Å². The standard InChI is InChI=1S/C20H17FN2O3S/c1-13-10-19(23-17-5-3-2-4-16(13)17)27-12-20(25)26-11-18(24)22-15-8-6-14(21)7-9-15/h2-10H,11-12H2,1H3,(H,22,24). The minimum Gasteiger partial charge on any atom is -0.455 e. The zero-order valence-electron chi connectivity index (χ0n) is 14.6. The fourth-order valence-electron chi connectivity index (χ4n) is 2.44.